The van der Waals surface area contributed by atoms with Gasteiger partial charge in [-0.25, -0.2) is 4.39 Å². The number of hydrogen-bond donors (Lipinski definition) is 1. The molecule has 31 heavy (non-hydrogen) atoms. The van der Waals surface area contributed by atoms with Gasteiger partial charge in [0.2, 0.25) is 0 Å². The predicted octanol–water partition coefficient (Wildman–Crippen LogP) is 3.19. The molecule has 0 saturated carbocycles. The number of halogens is 1. The number of aromatic nitrogens is 2. The van der Waals surface area contributed by atoms with E-state index in [4.69, 9.17) is 9.47 Å². The molecule has 4 rings (SSSR count). The number of nitrogens with zero attached hydrogens (tertiary/aromatic N) is 3. The zero-order valence-corrected chi connectivity index (χ0v) is 17.4. The summed E-state index contributed by atoms with van der Waals surface area (Å²) < 4.78 is 26.7. The van der Waals surface area contributed by atoms with Gasteiger partial charge in [0.05, 0.1) is 18.9 Å². The second kappa shape index (κ2) is 9.72. The average molecular weight is 424 g/mol. The molecule has 7 nitrogen and oxygen atoms in total. The zero-order chi connectivity index (χ0) is 21.6. The van der Waals surface area contributed by atoms with Crippen molar-refractivity contribution in [1.82, 2.24) is 14.7 Å². The fourth-order valence-corrected chi connectivity index (χ4v) is 3.51. The number of ether oxygens (including phenoxy) is 2. The van der Waals surface area contributed by atoms with Crippen molar-refractivity contribution >= 4 is 11.6 Å². The Bertz CT molecular complexity index is 1050. The summed E-state index contributed by atoms with van der Waals surface area (Å²) in [6, 6.07) is 13.0. The number of aryl methyl sites for hydroxylation is 1. The highest BCUT2D eigenvalue weighted by Crippen LogP contribution is 2.32. The lowest BCUT2D eigenvalue weighted by Crippen LogP contribution is -2.38. The summed E-state index contributed by atoms with van der Waals surface area (Å²) in [5.74, 6) is -0.121. The molecule has 1 saturated heterocycles. The average Bonchev–Trinajstić information content (AvgIpc) is 3.21. The van der Waals surface area contributed by atoms with Gasteiger partial charge in [-0.2, -0.15) is 5.10 Å². The van der Waals surface area contributed by atoms with Gasteiger partial charge in [0.1, 0.15) is 18.2 Å². The van der Waals surface area contributed by atoms with Crippen LogP contribution in [-0.2, 0) is 11.8 Å². The van der Waals surface area contributed by atoms with Crippen molar-refractivity contribution < 1.29 is 18.7 Å². The fraction of sp³-hybridized carbons (Fsp3) is 0.304. The van der Waals surface area contributed by atoms with Gasteiger partial charge in [0, 0.05) is 49.7 Å². The molecule has 2 heterocycles. The van der Waals surface area contributed by atoms with Gasteiger partial charge in [-0.3, -0.25) is 14.4 Å². The van der Waals surface area contributed by atoms with Crippen LogP contribution >= 0.6 is 0 Å². The van der Waals surface area contributed by atoms with Crippen LogP contribution < -0.4 is 10.1 Å². The van der Waals surface area contributed by atoms with E-state index < -0.39 is 5.82 Å². The first kappa shape index (κ1) is 21.0. The number of anilines is 1. The maximum absolute atomic E-state index is 13.4. The molecule has 0 atom stereocenters. The van der Waals surface area contributed by atoms with Crippen molar-refractivity contribution in [1.29, 1.82) is 0 Å². The second-order valence-corrected chi connectivity index (χ2v) is 7.32. The van der Waals surface area contributed by atoms with E-state index >= 15 is 0 Å². The Kier molecular flexibility index (Phi) is 6.59. The summed E-state index contributed by atoms with van der Waals surface area (Å²) in [6.45, 7) is 4.66. The van der Waals surface area contributed by atoms with Gasteiger partial charge in [-0.15, -0.1) is 0 Å². The highest BCUT2D eigenvalue weighted by Gasteiger charge is 2.15. The van der Waals surface area contributed by atoms with Crippen molar-refractivity contribution in [2.75, 3.05) is 44.8 Å². The topological polar surface area (TPSA) is 68.6 Å². The molecule has 1 aliphatic rings. The molecular weight excluding hydrogens is 399 g/mol. The Hall–Kier alpha value is -3.23. The lowest BCUT2D eigenvalue weighted by atomic mass is 10.1. The van der Waals surface area contributed by atoms with Crippen molar-refractivity contribution in [3.05, 3.63) is 66.1 Å². The lowest BCUT2D eigenvalue weighted by Gasteiger charge is -2.26. The van der Waals surface area contributed by atoms with Crippen LogP contribution in [0.25, 0.3) is 11.3 Å². The standard InChI is InChI=1S/C23H25FN4O3/c1-27-21(7-8-25-27)20-16-19(26-23(29)17-3-2-4-18(24)15-17)5-6-22(20)31-14-11-28-9-12-30-13-10-28/h2-8,15-16H,9-14H2,1H3,(H,26,29). The van der Waals surface area contributed by atoms with Gasteiger partial charge in [0.25, 0.3) is 5.91 Å². The summed E-state index contributed by atoms with van der Waals surface area (Å²) in [5.41, 5.74) is 2.53. The van der Waals surface area contributed by atoms with Crippen molar-refractivity contribution in [3.63, 3.8) is 0 Å². The molecule has 0 aliphatic carbocycles. The molecule has 1 aliphatic heterocycles. The van der Waals surface area contributed by atoms with Crippen LogP contribution in [0.2, 0.25) is 0 Å². The van der Waals surface area contributed by atoms with Crippen LogP contribution in [-0.4, -0.2) is 60.0 Å². The van der Waals surface area contributed by atoms with Gasteiger partial charge in [0.15, 0.2) is 0 Å². The Labute approximate surface area is 180 Å². The summed E-state index contributed by atoms with van der Waals surface area (Å²) in [5, 5.41) is 7.08. The number of hydrogen-bond acceptors (Lipinski definition) is 5. The minimum absolute atomic E-state index is 0.257. The van der Waals surface area contributed by atoms with Gasteiger partial charge in [-0.05, 0) is 42.5 Å². The molecule has 8 heteroatoms. The largest absolute Gasteiger partial charge is 0.492 e. The van der Waals surface area contributed by atoms with Gasteiger partial charge < -0.3 is 14.8 Å². The highest BCUT2D eigenvalue weighted by atomic mass is 19.1. The number of benzene rings is 2. The summed E-state index contributed by atoms with van der Waals surface area (Å²) in [4.78, 5) is 14.8. The molecule has 1 fully saturated rings. The number of amides is 1. The van der Waals surface area contributed by atoms with E-state index in [1.54, 1.807) is 23.0 Å². The SMILES string of the molecule is Cn1nccc1-c1cc(NC(=O)c2cccc(F)c2)ccc1OCCN1CCOCC1. The monoisotopic (exact) mass is 424 g/mol. The van der Waals surface area contributed by atoms with Crippen LogP contribution in [0.1, 0.15) is 10.4 Å². The van der Waals surface area contributed by atoms with Crippen LogP contribution in [0.15, 0.2) is 54.7 Å². The third-order valence-electron chi connectivity index (χ3n) is 5.19. The van der Waals surface area contributed by atoms with Crippen LogP contribution in [0.4, 0.5) is 10.1 Å². The van der Waals surface area contributed by atoms with Gasteiger partial charge in [-0.1, -0.05) is 6.07 Å². The first-order valence-electron chi connectivity index (χ1n) is 10.2. The van der Waals surface area contributed by atoms with E-state index in [-0.39, 0.29) is 11.5 Å². The molecule has 0 radical (unpaired) electrons. The number of morpholine rings is 1. The lowest BCUT2D eigenvalue weighted by molar-refractivity contribution is 0.0323. The van der Waals surface area contributed by atoms with Gasteiger partial charge >= 0.3 is 0 Å². The quantitative estimate of drug-likeness (QED) is 0.631. The fourth-order valence-electron chi connectivity index (χ4n) is 3.51. The van der Waals surface area contributed by atoms with Crippen molar-refractivity contribution in [2.45, 2.75) is 0 Å². The van der Waals surface area contributed by atoms with Crippen molar-refractivity contribution in [2.24, 2.45) is 7.05 Å². The molecular formula is C23H25FN4O3. The molecule has 1 aromatic heterocycles. The smallest absolute Gasteiger partial charge is 0.255 e. The van der Waals surface area contributed by atoms with Crippen molar-refractivity contribution in [3.8, 4) is 17.0 Å². The number of rotatable bonds is 7. The van der Waals surface area contributed by atoms with E-state index in [1.165, 1.54) is 18.2 Å². The summed E-state index contributed by atoms with van der Waals surface area (Å²) in [6.07, 6.45) is 1.71. The van der Waals surface area contributed by atoms with Crippen LogP contribution in [0, 0.1) is 5.82 Å². The minimum Gasteiger partial charge on any atom is -0.492 e. The number of carbonyl (C=O) groups excluding carboxylic acids is 1. The zero-order valence-electron chi connectivity index (χ0n) is 17.4. The molecule has 0 spiro atoms. The third kappa shape index (κ3) is 5.28. The third-order valence-corrected chi connectivity index (χ3v) is 5.19. The van der Waals surface area contributed by atoms with E-state index in [2.05, 4.69) is 15.3 Å². The molecule has 1 N–H and O–H groups in total. The number of nitrogens with one attached hydrogen (secondary N) is 1. The molecule has 2 aromatic carbocycles. The predicted molar refractivity (Wildman–Crippen MR) is 116 cm³/mol. The summed E-state index contributed by atoms with van der Waals surface area (Å²) >= 11 is 0. The first-order valence-corrected chi connectivity index (χ1v) is 10.2. The molecule has 1 amide bonds. The normalized spacial score (nSPS) is 14.4. The highest BCUT2D eigenvalue weighted by molar-refractivity contribution is 6.04. The molecule has 162 valence electrons. The number of carbonyl (C=O) groups is 1. The van der Waals surface area contributed by atoms with E-state index in [1.807, 2.05) is 25.2 Å². The molecule has 0 bridgehead atoms. The van der Waals surface area contributed by atoms with Crippen LogP contribution in [0.3, 0.4) is 0 Å². The first-order chi connectivity index (χ1) is 15.1. The Balaban J connectivity index is 1.51. The minimum atomic E-state index is -0.452. The molecule has 3 aromatic rings. The molecule has 0 unspecified atom stereocenters. The van der Waals surface area contributed by atoms with E-state index in [9.17, 15) is 9.18 Å². The maximum atomic E-state index is 13.4. The van der Waals surface area contributed by atoms with E-state index in [0.717, 1.165) is 44.1 Å². The maximum Gasteiger partial charge on any atom is 0.255 e. The Morgan fingerprint density at radius 2 is 2.03 bits per heavy atom. The summed E-state index contributed by atoms with van der Waals surface area (Å²) in [7, 11) is 1.85. The Morgan fingerprint density at radius 3 is 2.77 bits per heavy atom. The Morgan fingerprint density at radius 1 is 1.19 bits per heavy atom. The van der Waals surface area contributed by atoms with Crippen LogP contribution in [0.5, 0.6) is 5.75 Å². The van der Waals surface area contributed by atoms with E-state index in [0.29, 0.717) is 18.0 Å². The second-order valence-electron chi connectivity index (χ2n) is 7.32.